The van der Waals surface area contributed by atoms with E-state index >= 15 is 0 Å². The van der Waals surface area contributed by atoms with E-state index in [1.54, 1.807) is 0 Å². The van der Waals surface area contributed by atoms with Crippen molar-refractivity contribution in [2.75, 3.05) is 0 Å². The Hall–Kier alpha value is -3.93. The first-order valence-corrected chi connectivity index (χ1v) is 9.22. The molecule has 1 heterocycles. The molecule has 166 valence electrons. The number of carbonyl (C=O) groups excluding carboxylic acids is 2. The van der Waals surface area contributed by atoms with Crippen LogP contribution in [0, 0.1) is 0 Å². The van der Waals surface area contributed by atoms with Crippen molar-refractivity contribution in [2.45, 2.75) is 37.4 Å². The lowest BCUT2D eigenvalue weighted by Crippen LogP contribution is -2.55. The number of carboxylic acid groups (broad SMARTS) is 2. The number of amides is 2. The molecular weight excluding hydrogens is 410 g/mol. The first-order chi connectivity index (χ1) is 14.7. The molecule has 0 aliphatic rings. The van der Waals surface area contributed by atoms with Crippen molar-refractivity contribution in [3.05, 3.63) is 48.0 Å². The predicted molar refractivity (Wildman–Crippen MR) is 106 cm³/mol. The third-order valence-electron chi connectivity index (χ3n) is 4.32. The van der Waals surface area contributed by atoms with Gasteiger partial charge in [0.15, 0.2) is 0 Å². The zero-order valence-corrected chi connectivity index (χ0v) is 16.3. The second-order valence-electron chi connectivity index (χ2n) is 6.80. The van der Waals surface area contributed by atoms with Gasteiger partial charge >= 0.3 is 11.9 Å². The highest BCUT2D eigenvalue weighted by atomic mass is 16.4. The minimum absolute atomic E-state index is 0.00205. The third kappa shape index (κ3) is 7.44. The van der Waals surface area contributed by atoms with Crippen LogP contribution >= 0.6 is 0 Å². The number of hydrogen-bond acceptors (Lipinski definition) is 7. The maximum atomic E-state index is 12.8. The second kappa shape index (κ2) is 10.7. The van der Waals surface area contributed by atoms with Crippen LogP contribution in [-0.4, -0.2) is 67.2 Å². The number of nitrogens with one attached hydrogen (secondary N) is 3. The van der Waals surface area contributed by atoms with Gasteiger partial charge in [0.2, 0.25) is 11.8 Å². The van der Waals surface area contributed by atoms with Crippen LogP contribution in [-0.2, 0) is 32.0 Å². The number of phenols is 1. The summed E-state index contributed by atoms with van der Waals surface area (Å²) in [4.78, 5) is 54.1. The number of hydrogen-bond donors (Lipinski definition) is 7. The Morgan fingerprint density at radius 2 is 1.65 bits per heavy atom. The van der Waals surface area contributed by atoms with Crippen molar-refractivity contribution in [3.63, 3.8) is 0 Å². The van der Waals surface area contributed by atoms with E-state index in [1.165, 1.54) is 36.8 Å². The van der Waals surface area contributed by atoms with Gasteiger partial charge in [-0.25, -0.2) is 9.78 Å². The lowest BCUT2D eigenvalue weighted by molar-refractivity contribution is -0.142. The van der Waals surface area contributed by atoms with Crippen molar-refractivity contribution >= 4 is 23.8 Å². The minimum Gasteiger partial charge on any atom is -0.508 e. The Kier molecular flexibility index (Phi) is 8.09. The highest BCUT2D eigenvalue weighted by Crippen LogP contribution is 2.12. The number of H-pyrrole nitrogens is 1. The molecule has 0 fully saturated rings. The number of aromatic nitrogens is 2. The molecule has 12 nitrogen and oxygen atoms in total. The lowest BCUT2D eigenvalue weighted by Gasteiger charge is -2.22. The van der Waals surface area contributed by atoms with Gasteiger partial charge in [-0.15, -0.1) is 0 Å². The van der Waals surface area contributed by atoms with Crippen LogP contribution in [0.4, 0.5) is 0 Å². The van der Waals surface area contributed by atoms with Gasteiger partial charge in [0.1, 0.15) is 17.8 Å². The van der Waals surface area contributed by atoms with E-state index in [4.69, 9.17) is 10.8 Å². The van der Waals surface area contributed by atoms with E-state index in [9.17, 15) is 29.4 Å². The fraction of sp³-hybridized carbons (Fsp3) is 0.316. The number of nitrogens with two attached hydrogens (primary N) is 1. The highest BCUT2D eigenvalue weighted by molar-refractivity contribution is 5.93. The summed E-state index contributed by atoms with van der Waals surface area (Å²) in [6.45, 7) is 0. The summed E-state index contributed by atoms with van der Waals surface area (Å²) in [5.41, 5.74) is 6.53. The number of phenolic OH excluding ortho intramolecular Hbond substituents is 1. The molecule has 2 rings (SSSR count). The first-order valence-electron chi connectivity index (χ1n) is 9.22. The molecule has 0 spiro atoms. The number of carboxylic acids is 2. The van der Waals surface area contributed by atoms with Crippen molar-refractivity contribution in [2.24, 2.45) is 5.73 Å². The van der Waals surface area contributed by atoms with Gasteiger partial charge in [-0.2, -0.15) is 0 Å². The Balaban J connectivity index is 2.16. The fourth-order valence-electron chi connectivity index (χ4n) is 2.72. The first kappa shape index (κ1) is 23.3. The molecule has 31 heavy (non-hydrogen) atoms. The van der Waals surface area contributed by atoms with Crippen LogP contribution in [0.3, 0.4) is 0 Å². The van der Waals surface area contributed by atoms with Crippen LogP contribution in [0.2, 0.25) is 0 Å². The van der Waals surface area contributed by atoms with Crippen molar-refractivity contribution in [1.82, 2.24) is 20.6 Å². The van der Waals surface area contributed by atoms with Crippen molar-refractivity contribution in [3.8, 4) is 5.75 Å². The van der Waals surface area contributed by atoms with Crippen molar-refractivity contribution in [1.29, 1.82) is 0 Å². The zero-order valence-electron chi connectivity index (χ0n) is 16.3. The minimum atomic E-state index is -1.40. The van der Waals surface area contributed by atoms with Gasteiger partial charge in [-0.1, -0.05) is 12.1 Å². The van der Waals surface area contributed by atoms with E-state index in [0.717, 1.165) is 0 Å². The molecule has 3 atom stereocenters. The number of carbonyl (C=O) groups is 4. The van der Waals surface area contributed by atoms with Gasteiger partial charge in [0.05, 0.1) is 24.5 Å². The van der Waals surface area contributed by atoms with Gasteiger partial charge in [-0.3, -0.25) is 14.4 Å². The zero-order chi connectivity index (χ0) is 23.0. The largest absolute Gasteiger partial charge is 0.508 e. The summed E-state index contributed by atoms with van der Waals surface area (Å²) >= 11 is 0. The monoisotopic (exact) mass is 433 g/mol. The molecule has 2 amide bonds. The Morgan fingerprint density at radius 3 is 2.19 bits per heavy atom. The van der Waals surface area contributed by atoms with E-state index in [0.29, 0.717) is 11.3 Å². The number of benzene rings is 1. The lowest BCUT2D eigenvalue weighted by atomic mass is 10.0. The van der Waals surface area contributed by atoms with Gasteiger partial charge < -0.3 is 36.7 Å². The van der Waals surface area contributed by atoms with Gasteiger partial charge in [-0.05, 0) is 17.7 Å². The van der Waals surface area contributed by atoms with Crippen LogP contribution in [0.25, 0.3) is 0 Å². The van der Waals surface area contributed by atoms with E-state index in [2.05, 4.69) is 20.6 Å². The fourth-order valence-corrected chi connectivity index (χ4v) is 2.72. The standard InChI is InChI=1S/C19H23N5O7/c20-13(7-16(26)27)17(28)23-14(5-10-1-3-12(25)4-2-10)18(29)24-15(19(30)31)6-11-8-21-9-22-11/h1-4,8-9,13-15,25H,5-7,20H2,(H,21,22)(H,23,28)(H,24,29)(H,26,27)(H,30,31)/t13-,14-,15-/m0/s1. The van der Waals surface area contributed by atoms with Crippen LogP contribution < -0.4 is 16.4 Å². The number of aliphatic carboxylic acids is 2. The van der Waals surface area contributed by atoms with Crippen molar-refractivity contribution < 1.29 is 34.5 Å². The molecular formula is C19H23N5O7. The normalized spacial score (nSPS) is 13.6. The molecule has 1 aromatic carbocycles. The van der Waals surface area contributed by atoms with Crippen LogP contribution in [0.15, 0.2) is 36.8 Å². The molecule has 0 aliphatic carbocycles. The molecule has 12 heteroatoms. The second-order valence-corrected chi connectivity index (χ2v) is 6.80. The van der Waals surface area contributed by atoms with Crippen LogP contribution in [0.5, 0.6) is 5.75 Å². The average Bonchev–Trinajstić information content (AvgIpc) is 3.21. The number of imidazole rings is 1. The molecule has 0 saturated heterocycles. The maximum absolute atomic E-state index is 12.8. The Bertz CT molecular complexity index is 914. The summed E-state index contributed by atoms with van der Waals surface area (Å²) in [7, 11) is 0. The molecule has 0 unspecified atom stereocenters. The quantitative estimate of drug-likeness (QED) is 0.226. The number of nitrogens with zero attached hydrogens (tertiary/aromatic N) is 1. The summed E-state index contributed by atoms with van der Waals surface area (Å²) in [6.07, 6.45) is 2.07. The molecule has 0 saturated carbocycles. The molecule has 1 aromatic heterocycles. The Labute approximate surface area is 176 Å². The van der Waals surface area contributed by atoms with Gasteiger partial charge in [0.25, 0.3) is 0 Å². The molecule has 2 aromatic rings. The van der Waals surface area contributed by atoms with Crippen LogP contribution in [0.1, 0.15) is 17.7 Å². The average molecular weight is 433 g/mol. The summed E-state index contributed by atoms with van der Waals surface area (Å²) in [5.74, 6) is -4.25. The SMILES string of the molecule is N[C@@H](CC(=O)O)C(=O)N[C@@H](Cc1ccc(O)cc1)C(=O)N[C@@H](Cc1c[nH]cn1)C(=O)O. The Morgan fingerprint density at radius 1 is 1.00 bits per heavy atom. The summed E-state index contributed by atoms with van der Waals surface area (Å²) < 4.78 is 0. The van der Waals surface area contributed by atoms with E-state index in [-0.39, 0.29) is 18.6 Å². The molecule has 8 N–H and O–H groups in total. The smallest absolute Gasteiger partial charge is 0.326 e. The summed E-state index contributed by atoms with van der Waals surface area (Å²) in [6, 6.07) is 1.88. The predicted octanol–water partition coefficient (Wildman–Crippen LogP) is -1.24. The van der Waals surface area contributed by atoms with E-state index < -0.39 is 48.3 Å². The molecule has 0 radical (unpaired) electrons. The highest BCUT2D eigenvalue weighted by Gasteiger charge is 2.29. The molecule has 0 bridgehead atoms. The number of rotatable bonds is 11. The number of aromatic hydroxyl groups is 1. The third-order valence-corrected chi connectivity index (χ3v) is 4.32. The topological polar surface area (TPSA) is 208 Å². The molecule has 0 aliphatic heterocycles. The van der Waals surface area contributed by atoms with Gasteiger partial charge in [0, 0.05) is 19.0 Å². The number of aromatic amines is 1. The maximum Gasteiger partial charge on any atom is 0.326 e. The summed E-state index contributed by atoms with van der Waals surface area (Å²) in [5, 5.41) is 32.4. The van der Waals surface area contributed by atoms with E-state index in [1.807, 2.05) is 0 Å².